The Morgan fingerprint density at radius 3 is 2.24 bits per heavy atom. The molecule has 1 heterocycles. The van der Waals surface area contributed by atoms with Gasteiger partial charge in [-0.25, -0.2) is 0 Å². The van der Waals surface area contributed by atoms with E-state index in [1.54, 1.807) is 0 Å². The van der Waals surface area contributed by atoms with Crippen LogP contribution < -0.4 is 0 Å². The first-order valence-electron chi connectivity index (χ1n) is 24.0. The Kier molecular flexibility index (Phi) is 10.0. The Labute approximate surface area is 350 Å². The highest BCUT2D eigenvalue weighted by atomic mass is 16.6. The summed E-state index contributed by atoms with van der Waals surface area (Å²) in [5.74, 6) is 7.61. The van der Waals surface area contributed by atoms with Crippen molar-refractivity contribution in [3.63, 3.8) is 0 Å². The van der Waals surface area contributed by atoms with E-state index in [1.807, 2.05) is 13.0 Å². The standard InChI is InChI=1S/C52H76O6/c1-6-13-39-50-31-30-49-22-12-18-37(20-19-36-14-10-11-15-36)21-23-48(40-33-45(3,43(55)56)25-24-44(40,2)26-27-46(48,49)4)29-28-47(49,5)51(50,35-53)41(54)34-52(39,57)58-42(50)32-38-16-8-7-9-17-38/h7-9,16-17,36-37,39-42,53-54,57H,6,10-11,13-15,18-21,23-35H2,1-5H3,(H,55,56)/t37-,39+,40+,41+,42+,44+,45+,46-,47+,48-,49+,50+,51-,52-/m0/s1. The summed E-state index contributed by atoms with van der Waals surface area (Å²) in [5, 5.41) is 49.1. The zero-order valence-corrected chi connectivity index (χ0v) is 36.7. The van der Waals surface area contributed by atoms with E-state index in [0.717, 1.165) is 101 Å². The minimum atomic E-state index is -1.45. The lowest BCUT2D eigenvalue weighted by molar-refractivity contribution is -0.357. The van der Waals surface area contributed by atoms with Crippen LogP contribution in [0.3, 0.4) is 0 Å². The van der Waals surface area contributed by atoms with Crippen LogP contribution in [0.5, 0.6) is 0 Å². The third-order valence-electron chi connectivity index (χ3n) is 21.3. The summed E-state index contributed by atoms with van der Waals surface area (Å²) in [7, 11) is 0. The van der Waals surface area contributed by atoms with Gasteiger partial charge in [-0.1, -0.05) is 102 Å². The van der Waals surface area contributed by atoms with Gasteiger partial charge in [0.15, 0.2) is 5.79 Å². The second-order valence-electron chi connectivity index (χ2n) is 23.0. The van der Waals surface area contributed by atoms with Crippen LogP contribution in [0.1, 0.15) is 175 Å². The SMILES string of the molecule is CCC[C@@H]1[C@@]23CC[C@@]45C#CC[C@@H](CCC6CCCC6)CC[C@]6(CC[C@@]4(C)[C@]2(CO)[C@H](O)C[C@]1(O)O[C@@H]3Cc1ccccc1)[C@@H]1C[C@](C)(C(=O)O)CC[C@]1(C)CC[C@@]65C. The lowest BCUT2D eigenvalue weighted by atomic mass is 9.21. The molecule has 320 valence electrons. The molecule has 6 nitrogen and oxygen atoms in total. The fourth-order valence-electron chi connectivity index (χ4n) is 18.1. The monoisotopic (exact) mass is 797 g/mol. The molecule has 1 aliphatic heterocycles. The molecule has 4 bridgehead atoms. The number of carbonyl (C=O) groups is 1. The molecule has 6 saturated carbocycles. The minimum Gasteiger partial charge on any atom is -0.481 e. The number of fused-ring (bicyclic) bond motifs is 3. The number of aliphatic carboxylic acids is 1. The Bertz CT molecular complexity index is 1800. The number of ether oxygens (including phenoxy) is 1. The Hall–Kier alpha value is -1.91. The predicted molar refractivity (Wildman–Crippen MR) is 227 cm³/mol. The van der Waals surface area contributed by atoms with E-state index in [2.05, 4.69) is 63.8 Å². The first kappa shape index (κ1) is 41.4. The van der Waals surface area contributed by atoms with Gasteiger partial charge in [0, 0.05) is 35.0 Å². The number of benzene rings is 1. The van der Waals surface area contributed by atoms with Gasteiger partial charge in [-0.15, -0.1) is 5.92 Å². The second kappa shape index (κ2) is 14.1. The Morgan fingerprint density at radius 2 is 1.53 bits per heavy atom. The summed E-state index contributed by atoms with van der Waals surface area (Å²) < 4.78 is 7.03. The van der Waals surface area contributed by atoms with Gasteiger partial charge in [0.25, 0.3) is 0 Å². The molecular weight excluding hydrogens is 721 g/mol. The Balaban J connectivity index is 1.24. The van der Waals surface area contributed by atoms with Crippen molar-refractivity contribution < 1.29 is 30.0 Å². The van der Waals surface area contributed by atoms with E-state index in [4.69, 9.17) is 4.74 Å². The molecule has 8 aliphatic rings. The van der Waals surface area contributed by atoms with Gasteiger partial charge >= 0.3 is 5.97 Å². The highest BCUT2D eigenvalue weighted by Crippen LogP contribution is 2.88. The maximum Gasteiger partial charge on any atom is 0.309 e. The van der Waals surface area contributed by atoms with Crippen molar-refractivity contribution in [2.75, 3.05) is 6.61 Å². The van der Waals surface area contributed by atoms with Gasteiger partial charge in [-0.2, -0.15) is 0 Å². The van der Waals surface area contributed by atoms with Crippen molar-refractivity contribution in [1.29, 1.82) is 0 Å². The molecule has 2 spiro atoms. The zero-order chi connectivity index (χ0) is 41.0. The molecule has 0 aromatic heterocycles. The molecule has 4 N–H and O–H groups in total. The van der Waals surface area contributed by atoms with E-state index < -0.39 is 44.9 Å². The molecule has 7 aliphatic carbocycles. The third kappa shape index (κ3) is 5.21. The summed E-state index contributed by atoms with van der Waals surface area (Å²) in [5.41, 5.74) is -2.60. The Morgan fingerprint density at radius 1 is 0.828 bits per heavy atom. The van der Waals surface area contributed by atoms with Crippen LogP contribution in [-0.2, 0) is 16.0 Å². The van der Waals surface area contributed by atoms with Crippen LogP contribution in [0.2, 0.25) is 0 Å². The first-order chi connectivity index (χ1) is 27.6. The number of aliphatic hydroxyl groups excluding tert-OH is 2. The van der Waals surface area contributed by atoms with Crippen LogP contribution in [0.15, 0.2) is 30.3 Å². The molecule has 0 radical (unpaired) electrons. The van der Waals surface area contributed by atoms with Gasteiger partial charge in [-0.05, 0) is 142 Å². The lowest BCUT2D eigenvalue weighted by Crippen LogP contribution is -2.80. The van der Waals surface area contributed by atoms with Gasteiger partial charge in [0.05, 0.1) is 24.2 Å². The maximum absolute atomic E-state index is 13.2. The average Bonchev–Trinajstić information content (AvgIpc) is 3.78. The largest absolute Gasteiger partial charge is 0.481 e. The van der Waals surface area contributed by atoms with Gasteiger partial charge < -0.3 is 25.2 Å². The van der Waals surface area contributed by atoms with Crippen LogP contribution in [0, 0.1) is 78.8 Å². The molecular formula is C52H76O6. The molecule has 1 aromatic carbocycles. The number of rotatable bonds is 9. The maximum atomic E-state index is 13.2. The molecule has 58 heavy (non-hydrogen) atoms. The summed E-state index contributed by atoms with van der Waals surface area (Å²) in [6.45, 7) is 11.6. The van der Waals surface area contributed by atoms with E-state index in [-0.39, 0.29) is 47.2 Å². The topological polar surface area (TPSA) is 107 Å². The van der Waals surface area contributed by atoms with E-state index in [1.165, 1.54) is 38.5 Å². The predicted octanol–water partition coefficient (Wildman–Crippen LogP) is 10.5. The summed E-state index contributed by atoms with van der Waals surface area (Å²) in [4.78, 5) is 13.2. The summed E-state index contributed by atoms with van der Waals surface area (Å²) >= 11 is 0. The molecule has 0 amide bonds. The third-order valence-corrected chi connectivity index (χ3v) is 21.3. The molecule has 14 atom stereocenters. The fourth-order valence-corrected chi connectivity index (χ4v) is 18.1. The normalized spacial score (nSPS) is 50.8. The lowest BCUT2D eigenvalue weighted by Gasteiger charge is -2.81. The summed E-state index contributed by atoms with van der Waals surface area (Å²) in [6.07, 6.45) is 20.1. The van der Waals surface area contributed by atoms with Crippen LogP contribution in [0.4, 0.5) is 0 Å². The average molecular weight is 797 g/mol. The van der Waals surface area contributed by atoms with Crippen molar-refractivity contribution in [3.8, 4) is 11.8 Å². The summed E-state index contributed by atoms with van der Waals surface area (Å²) in [6, 6.07) is 10.5. The number of aliphatic hydroxyl groups is 3. The highest BCUT2D eigenvalue weighted by molar-refractivity contribution is 5.74. The van der Waals surface area contributed by atoms with Crippen molar-refractivity contribution in [1.82, 2.24) is 0 Å². The molecule has 9 rings (SSSR count). The van der Waals surface area contributed by atoms with E-state index in [0.29, 0.717) is 12.3 Å². The quantitative estimate of drug-likeness (QED) is 0.185. The molecule has 0 unspecified atom stereocenters. The second-order valence-corrected chi connectivity index (χ2v) is 23.0. The first-order valence-corrected chi connectivity index (χ1v) is 24.0. The number of hydrogen-bond donors (Lipinski definition) is 4. The highest BCUT2D eigenvalue weighted by Gasteiger charge is 2.87. The molecule has 7 fully saturated rings. The van der Waals surface area contributed by atoms with Crippen LogP contribution in [0.25, 0.3) is 0 Å². The van der Waals surface area contributed by atoms with Crippen molar-refractivity contribution >= 4 is 5.97 Å². The minimum absolute atomic E-state index is 0.0713. The van der Waals surface area contributed by atoms with Gasteiger partial charge in [0.1, 0.15) is 0 Å². The van der Waals surface area contributed by atoms with Crippen molar-refractivity contribution in [2.24, 2.45) is 67.0 Å². The van der Waals surface area contributed by atoms with Gasteiger partial charge in [-0.3, -0.25) is 4.79 Å². The zero-order valence-electron chi connectivity index (χ0n) is 36.7. The van der Waals surface area contributed by atoms with Crippen molar-refractivity contribution in [3.05, 3.63) is 35.9 Å². The number of carboxylic acid groups (broad SMARTS) is 1. The number of carboxylic acids is 1. The molecule has 1 saturated heterocycles. The molecule has 6 heteroatoms. The number of hydrogen-bond acceptors (Lipinski definition) is 5. The van der Waals surface area contributed by atoms with E-state index >= 15 is 0 Å². The van der Waals surface area contributed by atoms with Crippen LogP contribution in [-0.4, -0.2) is 51.0 Å². The fraction of sp³-hybridized carbons (Fsp3) is 0.827. The van der Waals surface area contributed by atoms with Crippen molar-refractivity contribution in [2.45, 2.75) is 194 Å². The van der Waals surface area contributed by atoms with Gasteiger partial charge in [0.2, 0.25) is 0 Å². The van der Waals surface area contributed by atoms with Crippen LogP contribution >= 0.6 is 0 Å². The smallest absolute Gasteiger partial charge is 0.309 e. The van der Waals surface area contributed by atoms with E-state index in [9.17, 15) is 25.2 Å². The molecule has 1 aromatic rings.